The molecule has 2 rings (SSSR count). The fraction of sp³-hybridized carbons (Fsp3) is 0.312. The van der Waals surface area contributed by atoms with Gasteiger partial charge in [0.1, 0.15) is 12.3 Å². The van der Waals surface area contributed by atoms with Crippen LogP contribution in [0.25, 0.3) is 11.3 Å². The molecule has 25 heavy (non-hydrogen) atoms. The number of likely N-dealkylation sites (N-methyl/N-ethyl adjacent to an activating group) is 1. The molecule has 0 aliphatic heterocycles. The molecule has 1 aromatic heterocycles. The number of rotatable bonds is 6. The van der Waals surface area contributed by atoms with Gasteiger partial charge in [-0.2, -0.15) is 18.3 Å². The first-order valence-electron chi connectivity index (χ1n) is 7.43. The molecule has 0 unspecified atom stereocenters. The van der Waals surface area contributed by atoms with E-state index < -0.39 is 18.3 Å². The van der Waals surface area contributed by atoms with E-state index in [0.717, 1.165) is 4.68 Å². The SMILES string of the molecule is CCNC(=O)Cn1nc(-c2ccc(OCC(F)(F)F)cc2)ccc1=O. The highest BCUT2D eigenvalue weighted by atomic mass is 19.4. The standard InChI is InChI=1S/C16H16F3N3O3/c1-2-20-14(23)9-22-15(24)8-7-13(21-22)11-3-5-12(6-4-11)25-10-16(17,18)19/h3-8H,2,9-10H2,1H3,(H,20,23). The second-order valence-electron chi connectivity index (χ2n) is 5.10. The summed E-state index contributed by atoms with van der Waals surface area (Å²) in [5, 5.41) is 6.67. The van der Waals surface area contributed by atoms with E-state index in [-0.39, 0.29) is 18.2 Å². The van der Waals surface area contributed by atoms with E-state index in [0.29, 0.717) is 17.8 Å². The van der Waals surface area contributed by atoms with E-state index in [4.69, 9.17) is 0 Å². The summed E-state index contributed by atoms with van der Waals surface area (Å²) >= 11 is 0. The van der Waals surface area contributed by atoms with Crippen LogP contribution in [0.4, 0.5) is 13.2 Å². The van der Waals surface area contributed by atoms with Crippen LogP contribution in [0.5, 0.6) is 5.75 Å². The molecule has 1 amide bonds. The van der Waals surface area contributed by atoms with Gasteiger partial charge in [0.05, 0.1) is 5.69 Å². The quantitative estimate of drug-likeness (QED) is 0.860. The molecular formula is C16H16F3N3O3. The van der Waals surface area contributed by atoms with E-state index in [1.807, 2.05) is 0 Å². The molecule has 0 spiro atoms. The largest absolute Gasteiger partial charge is 0.484 e. The summed E-state index contributed by atoms with van der Waals surface area (Å²) in [6.45, 7) is 0.606. The Kier molecular flexibility index (Phi) is 5.79. The average molecular weight is 355 g/mol. The lowest BCUT2D eigenvalue weighted by atomic mass is 10.1. The molecule has 6 nitrogen and oxygen atoms in total. The minimum atomic E-state index is -4.41. The summed E-state index contributed by atoms with van der Waals surface area (Å²) in [6, 6.07) is 8.55. The highest BCUT2D eigenvalue weighted by molar-refractivity contribution is 5.75. The number of halogens is 3. The highest BCUT2D eigenvalue weighted by Gasteiger charge is 2.28. The van der Waals surface area contributed by atoms with Gasteiger partial charge < -0.3 is 10.1 Å². The van der Waals surface area contributed by atoms with Crippen LogP contribution in [0.3, 0.4) is 0 Å². The van der Waals surface area contributed by atoms with Crippen LogP contribution >= 0.6 is 0 Å². The maximum absolute atomic E-state index is 12.1. The lowest BCUT2D eigenvalue weighted by Crippen LogP contribution is -2.33. The van der Waals surface area contributed by atoms with Crippen LogP contribution in [0.15, 0.2) is 41.2 Å². The predicted octanol–water partition coefficient (Wildman–Crippen LogP) is 1.99. The maximum atomic E-state index is 12.1. The number of hydrogen-bond acceptors (Lipinski definition) is 4. The zero-order chi connectivity index (χ0) is 18.4. The molecule has 0 aliphatic rings. The van der Waals surface area contributed by atoms with Gasteiger partial charge in [-0.25, -0.2) is 4.68 Å². The van der Waals surface area contributed by atoms with E-state index in [9.17, 15) is 22.8 Å². The molecule has 2 aromatic rings. The molecular weight excluding hydrogens is 339 g/mol. The molecule has 0 radical (unpaired) electrons. The molecule has 0 atom stereocenters. The first-order valence-corrected chi connectivity index (χ1v) is 7.43. The summed E-state index contributed by atoms with van der Waals surface area (Å²) in [6.07, 6.45) is -4.41. The number of nitrogens with zero attached hydrogens (tertiary/aromatic N) is 2. The van der Waals surface area contributed by atoms with Crippen LogP contribution in [-0.2, 0) is 11.3 Å². The first kappa shape index (κ1) is 18.5. The van der Waals surface area contributed by atoms with Crippen LogP contribution in [-0.4, -0.2) is 35.0 Å². The monoisotopic (exact) mass is 355 g/mol. The van der Waals surface area contributed by atoms with E-state index >= 15 is 0 Å². The lowest BCUT2D eigenvalue weighted by Gasteiger charge is -2.10. The second-order valence-corrected chi connectivity index (χ2v) is 5.10. The molecule has 0 aliphatic carbocycles. The summed E-state index contributed by atoms with van der Waals surface area (Å²) in [5.74, 6) is -0.276. The smallest absolute Gasteiger partial charge is 0.422 e. The molecule has 0 fully saturated rings. The Morgan fingerprint density at radius 1 is 1.20 bits per heavy atom. The number of hydrogen-bond donors (Lipinski definition) is 1. The number of carbonyl (C=O) groups is 1. The third kappa shape index (κ3) is 5.63. The number of amides is 1. The zero-order valence-electron chi connectivity index (χ0n) is 13.3. The average Bonchev–Trinajstić information content (AvgIpc) is 2.55. The summed E-state index contributed by atoms with van der Waals surface area (Å²) < 4.78 is 42.0. The predicted molar refractivity (Wildman–Crippen MR) is 84.2 cm³/mol. The lowest BCUT2D eigenvalue weighted by molar-refractivity contribution is -0.153. The molecule has 1 heterocycles. The molecule has 0 saturated carbocycles. The van der Waals surface area contributed by atoms with E-state index in [2.05, 4.69) is 15.2 Å². The topological polar surface area (TPSA) is 73.2 Å². The molecule has 134 valence electrons. The van der Waals surface area contributed by atoms with Crippen molar-refractivity contribution in [3.63, 3.8) is 0 Å². The van der Waals surface area contributed by atoms with Gasteiger partial charge in [0.25, 0.3) is 5.56 Å². The van der Waals surface area contributed by atoms with Crippen molar-refractivity contribution < 1.29 is 22.7 Å². The number of alkyl halides is 3. The number of carbonyl (C=O) groups excluding carboxylic acids is 1. The summed E-state index contributed by atoms with van der Waals surface area (Å²) in [4.78, 5) is 23.4. The van der Waals surface area contributed by atoms with Crippen LogP contribution in [0.1, 0.15) is 6.92 Å². The van der Waals surface area contributed by atoms with E-state index in [1.54, 1.807) is 6.92 Å². The molecule has 0 saturated heterocycles. The fourth-order valence-corrected chi connectivity index (χ4v) is 1.99. The minimum absolute atomic E-state index is 0.0664. The van der Waals surface area contributed by atoms with Gasteiger partial charge in [0.15, 0.2) is 6.61 Å². The number of ether oxygens (including phenoxy) is 1. The van der Waals surface area contributed by atoms with Gasteiger partial charge in [0.2, 0.25) is 5.91 Å². The van der Waals surface area contributed by atoms with Crippen molar-refractivity contribution in [2.24, 2.45) is 0 Å². The molecule has 9 heteroatoms. The van der Waals surface area contributed by atoms with Crippen molar-refractivity contribution in [1.29, 1.82) is 0 Å². The van der Waals surface area contributed by atoms with Crippen molar-refractivity contribution in [2.75, 3.05) is 13.2 Å². The Bertz CT molecular complexity index is 786. The van der Waals surface area contributed by atoms with Crippen LogP contribution in [0.2, 0.25) is 0 Å². The third-order valence-electron chi connectivity index (χ3n) is 3.09. The maximum Gasteiger partial charge on any atom is 0.422 e. The number of nitrogens with one attached hydrogen (secondary N) is 1. The van der Waals surface area contributed by atoms with Gasteiger partial charge >= 0.3 is 6.18 Å². The zero-order valence-corrected chi connectivity index (χ0v) is 13.3. The Balaban J connectivity index is 2.15. The Labute approximate surface area is 141 Å². The van der Waals surface area contributed by atoms with Gasteiger partial charge in [-0.1, -0.05) is 0 Å². The van der Waals surface area contributed by atoms with Gasteiger partial charge in [-0.15, -0.1) is 0 Å². The molecule has 1 aromatic carbocycles. The third-order valence-corrected chi connectivity index (χ3v) is 3.09. The van der Waals surface area contributed by atoms with Crippen LogP contribution < -0.4 is 15.6 Å². The van der Waals surface area contributed by atoms with Crippen molar-refractivity contribution in [2.45, 2.75) is 19.6 Å². The normalized spacial score (nSPS) is 11.2. The Hall–Kier alpha value is -2.84. The fourth-order valence-electron chi connectivity index (χ4n) is 1.99. The Morgan fingerprint density at radius 3 is 2.48 bits per heavy atom. The first-order chi connectivity index (χ1) is 11.8. The van der Waals surface area contributed by atoms with Gasteiger partial charge in [0, 0.05) is 18.2 Å². The van der Waals surface area contributed by atoms with Crippen molar-refractivity contribution in [3.05, 3.63) is 46.8 Å². The number of aromatic nitrogens is 2. The second kappa shape index (κ2) is 7.82. The number of benzene rings is 1. The minimum Gasteiger partial charge on any atom is -0.484 e. The van der Waals surface area contributed by atoms with Crippen LogP contribution in [0, 0.1) is 0 Å². The van der Waals surface area contributed by atoms with Crippen molar-refractivity contribution >= 4 is 5.91 Å². The van der Waals surface area contributed by atoms with Gasteiger partial charge in [-0.3, -0.25) is 9.59 Å². The molecule has 0 bridgehead atoms. The van der Waals surface area contributed by atoms with Crippen molar-refractivity contribution in [1.82, 2.24) is 15.1 Å². The van der Waals surface area contributed by atoms with E-state index in [1.165, 1.54) is 36.4 Å². The summed E-state index contributed by atoms with van der Waals surface area (Å²) in [7, 11) is 0. The van der Waals surface area contributed by atoms with Crippen molar-refractivity contribution in [3.8, 4) is 17.0 Å². The van der Waals surface area contributed by atoms with Gasteiger partial charge in [-0.05, 0) is 37.3 Å². The highest BCUT2D eigenvalue weighted by Crippen LogP contribution is 2.22. The Morgan fingerprint density at radius 2 is 1.88 bits per heavy atom. The molecule has 1 N–H and O–H groups in total. The summed E-state index contributed by atoms with van der Waals surface area (Å²) in [5.41, 5.74) is 0.551.